The van der Waals surface area contributed by atoms with Gasteiger partial charge in [0.1, 0.15) is 28.7 Å². The molecule has 0 saturated carbocycles. The number of anilines is 4. The third-order valence-corrected chi connectivity index (χ3v) is 6.86. The SMILES string of the molecule is NC(=O)c1nc(-c2ccc(Oc3ccccc3)cc2)c(N)nc1N.NC(=O)c1nc(Cl)c(N)nc1N.OB(O)c1ccc(Oc2ccccc2)cc1. The van der Waals surface area contributed by atoms with E-state index in [1.807, 2.05) is 60.7 Å². The number of hydrogen-bond donors (Lipinski definition) is 8. The second kappa shape index (κ2) is 17.6. The van der Waals surface area contributed by atoms with Gasteiger partial charge in [0.25, 0.3) is 11.8 Å². The van der Waals surface area contributed by atoms with E-state index in [1.165, 1.54) is 0 Å². The molecule has 0 bridgehead atoms. The lowest BCUT2D eigenvalue weighted by Gasteiger charge is -2.09. The molecule has 2 amide bonds. The Balaban J connectivity index is 0.000000187. The Labute approximate surface area is 302 Å². The Morgan fingerprint density at radius 1 is 0.538 bits per heavy atom. The monoisotopic (exact) mass is 722 g/mol. The minimum atomic E-state index is -1.44. The number of nitrogen functional groups attached to an aromatic ring is 4. The van der Waals surface area contributed by atoms with E-state index >= 15 is 0 Å². The van der Waals surface area contributed by atoms with Crippen LogP contribution in [0.5, 0.6) is 23.0 Å². The van der Waals surface area contributed by atoms with Crippen molar-refractivity contribution >= 4 is 59.3 Å². The summed E-state index contributed by atoms with van der Waals surface area (Å²) < 4.78 is 11.3. The van der Waals surface area contributed by atoms with E-state index in [-0.39, 0.29) is 39.8 Å². The first-order valence-electron chi connectivity index (χ1n) is 15.0. The summed E-state index contributed by atoms with van der Waals surface area (Å²) in [5, 5.41) is 17.8. The van der Waals surface area contributed by atoms with Gasteiger partial charge in [0.15, 0.2) is 39.8 Å². The van der Waals surface area contributed by atoms with Gasteiger partial charge in [0.05, 0.1) is 0 Å². The molecular weight excluding hydrogens is 691 g/mol. The summed E-state index contributed by atoms with van der Waals surface area (Å²) >= 11 is 5.47. The fourth-order valence-electron chi connectivity index (χ4n) is 4.12. The number of aromatic nitrogens is 4. The van der Waals surface area contributed by atoms with E-state index in [0.29, 0.717) is 28.2 Å². The van der Waals surface area contributed by atoms with Gasteiger partial charge in [-0.1, -0.05) is 60.1 Å². The van der Waals surface area contributed by atoms with Gasteiger partial charge in [-0.25, -0.2) is 19.9 Å². The summed E-state index contributed by atoms with van der Waals surface area (Å²) in [6.45, 7) is 0. The smallest absolute Gasteiger partial charge is 0.457 e. The number of para-hydroxylation sites is 2. The van der Waals surface area contributed by atoms with Crippen LogP contribution in [0.3, 0.4) is 0 Å². The number of rotatable bonds is 8. The maximum absolute atomic E-state index is 11.4. The maximum atomic E-state index is 11.4. The number of primary amides is 2. The fraction of sp³-hybridized carbons (Fsp3) is 0. The molecule has 0 fully saturated rings. The summed E-state index contributed by atoms with van der Waals surface area (Å²) in [6.07, 6.45) is 0. The lowest BCUT2D eigenvalue weighted by atomic mass is 9.80. The highest BCUT2D eigenvalue weighted by molar-refractivity contribution is 6.58. The predicted octanol–water partition coefficient (Wildman–Crippen LogP) is 2.75. The fourth-order valence-corrected chi connectivity index (χ4v) is 4.24. The zero-order chi connectivity index (χ0) is 37.8. The normalized spacial score (nSPS) is 10.1. The van der Waals surface area contributed by atoms with Crippen LogP contribution in [0.25, 0.3) is 11.3 Å². The third-order valence-electron chi connectivity index (χ3n) is 6.59. The molecule has 0 aliphatic rings. The average molecular weight is 723 g/mol. The molecule has 4 aromatic carbocycles. The van der Waals surface area contributed by atoms with Gasteiger partial charge in [-0.05, 0) is 66.1 Å². The molecule has 0 radical (unpaired) electrons. The van der Waals surface area contributed by atoms with Crippen molar-refractivity contribution in [3.8, 4) is 34.3 Å². The molecule has 0 aliphatic heterocycles. The molecule has 18 heteroatoms. The van der Waals surface area contributed by atoms with Crippen molar-refractivity contribution in [2.45, 2.75) is 0 Å². The lowest BCUT2D eigenvalue weighted by Crippen LogP contribution is -2.29. The van der Waals surface area contributed by atoms with Crippen LogP contribution in [0.1, 0.15) is 21.0 Å². The first-order chi connectivity index (χ1) is 24.8. The number of halogens is 1. The molecule has 52 heavy (non-hydrogen) atoms. The average Bonchev–Trinajstić information content (AvgIpc) is 3.12. The molecule has 0 unspecified atom stereocenters. The van der Waals surface area contributed by atoms with Crippen molar-refractivity contribution in [2.24, 2.45) is 11.5 Å². The molecule has 2 heterocycles. The number of hydrogen-bond acceptors (Lipinski definition) is 14. The van der Waals surface area contributed by atoms with Crippen molar-refractivity contribution in [3.05, 3.63) is 126 Å². The van der Waals surface area contributed by atoms with Crippen molar-refractivity contribution in [1.82, 2.24) is 19.9 Å². The van der Waals surface area contributed by atoms with E-state index in [2.05, 4.69) is 19.9 Å². The summed E-state index contributed by atoms with van der Waals surface area (Å²) in [5.41, 5.74) is 33.3. The van der Waals surface area contributed by atoms with E-state index in [9.17, 15) is 9.59 Å². The molecule has 6 aromatic rings. The minimum absolute atomic E-state index is 0.0285. The van der Waals surface area contributed by atoms with Crippen LogP contribution in [0.2, 0.25) is 5.15 Å². The largest absolute Gasteiger partial charge is 0.488 e. The molecule has 264 valence electrons. The van der Waals surface area contributed by atoms with Crippen molar-refractivity contribution in [2.75, 3.05) is 22.9 Å². The summed E-state index contributed by atoms with van der Waals surface area (Å²) in [6, 6.07) is 32.5. The number of ether oxygens (including phenoxy) is 2. The molecular formula is C34H32BClN10O6. The predicted molar refractivity (Wildman–Crippen MR) is 198 cm³/mol. The van der Waals surface area contributed by atoms with Gasteiger partial charge >= 0.3 is 7.12 Å². The molecule has 16 nitrogen and oxygen atoms in total. The van der Waals surface area contributed by atoms with Gasteiger partial charge in [0.2, 0.25) is 0 Å². The van der Waals surface area contributed by atoms with Crippen molar-refractivity contribution < 1.29 is 29.1 Å². The Morgan fingerprint density at radius 2 is 0.942 bits per heavy atom. The summed E-state index contributed by atoms with van der Waals surface area (Å²) in [4.78, 5) is 37.1. The number of carbonyl (C=O) groups excluding carboxylic acids is 2. The Hall–Kier alpha value is -6.95. The van der Waals surface area contributed by atoms with Crippen LogP contribution in [0.4, 0.5) is 23.3 Å². The summed E-state index contributed by atoms with van der Waals surface area (Å²) in [7, 11) is -1.44. The van der Waals surface area contributed by atoms with Crippen LogP contribution in [0, 0.1) is 0 Å². The van der Waals surface area contributed by atoms with Gasteiger partial charge < -0.3 is 53.9 Å². The molecule has 2 aromatic heterocycles. The zero-order valence-corrected chi connectivity index (χ0v) is 27.9. The highest BCUT2D eigenvalue weighted by Crippen LogP contribution is 2.28. The van der Waals surface area contributed by atoms with E-state index in [1.54, 1.807) is 48.5 Å². The molecule has 0 saturated heterocycles. The third kappa shape index (κ3) is 10.5. The topological polar surface area (TPSA) is 301 Å². The van der Waals surface area contributed by atoms with Crippen LogP contribution in [-0.2, 0) is 0 Å². The number of nitrogens with zero attached hydrogens (tertiary/aromatic N) is 4. The van der Waals surface area contributed by atoms with Gasteiger partial charge in [-0.3, -0.25) is 9.59 Å². The molecule has 0 aliphatic carbocycles. The highest BCUT2D eigenvalue weighted by atomic mass is 35.5. The molecule has 6 rings (SSSR count). The second-order valence-electron chi connectivity index (χ2n) is 10.4. The zero-order valence-electron chi connectivity index (χ0n) is 27.1. The maximum Gasteiger partial charge on any atom is 0.488 e. The standard InChI is InChI=1S/C17H15N5O2.C12H11BO3.C5H6ClN5O/c18-15-13(21-14(17(20)23)16(19)22-15)10-6-8-12(9-7-10)24-11-4-2-1-3-5-11;14-13(15)10-6-8-12(9-7-10)16-11-4-2-1-3-5-11;6-2-4(8)11-3(7)1(10-2)5(9)12/h1-9H,(H2,20,23)(H4,18,19,22);1-9,14-15H;(H2,9,12)(H4,7,8,11). The lowest BCUT2D eigenvalue weighted by molar-refractivity contribution is 0.0988. The van der Waals surface area contributed by atoms with Gasteiger partial charge in [-0.2, -0.15) is 0 Å². The number of amides is 2. The Bertz CT molecular complexity index is 2130. The molecule has 14 N–H and O–H groups in total. The first-order valence-corrected chi connectivity index (χ1v) is 15.3. The van der Waals surface area contributed by atoms with Crippen LogP contribution in [-0.4, -0.2) is 48.9 Å². The quantitative estimate of drug-likeness (QED) is 0.105. The minimum Gasteiger partial charge on any atom is -0.457 e. The Kier molecular flexibility index (Phi) is 12.8. The number of benzene rings is 4. The van der Waals surface area contributed by atoms with Crippen molar-refractivity contribution in [1.29, 1.82) is 0 Å². The van der Waals surface area contributed by atoms with Crippen LogP contribution < -0.4 is 49.3 Å². The second-order valence-corrected chi connectivity index (χ2v) is 10.7. The molecule has 0 atom stereocenters. The number of nitrogens with two attached hydrogens (primary N) is 6. The van der Waals surface area contributed by atoms with E-state index in [4.69, 9.17) is 65.5 Å². The van der Waals surface area contributed by atoms with E-state index in [0.717, 1.165) is 11.5 Å². The number of carbonyl (C=O) groups is 2. The summed E-state index contributed by atoms with van der Waals surface area (Å²) in [5.74, 6) is 1.13. The van der Waals surface area contributed by atoms with E-state index < -0.39 is 18.9 Å². The van der Waals surface area contributed by atoms with Gasteiger partial charge in [-0.15, -0.1) is 0 Å². The Morgan fingerprint density at radius 3 is 1.38 bits per heavy atom. The van der Waals surface area contributed by atoms with Crippen LogP contribution >= 0.6 is 11.6 Å². The van der Waals surface area contributed by atoms with Gasteiger partial charge in [0, 0.05) is 5.56 Å². The van der Waals surface area contributed by atoms with Crippen LogP contribution in [0.15, 0.2) is 109 Å². The molecule has 0 spiro atoms. The van der Waals surface area contributed by atoms with Crippen molar-refractivity contribution in [3.63, 3.8) is 0 Å². The first kappa shape index (κ1) is 37.9. The highest BCUT2D eigenvalue weighted by Gasteiger charge is 2.16.